The number of hydrogen-bond acceptors (Lipinski definition) is 5. The number of benzene rings is 3. The molecular formula is C34H23N3O2. The monoisotopic (exact) mass is 505 g/mol. The molecule has 0 radical (unpaired) electrons. The number of anilines is 3. The second-order valence-electron chi connectivity index (χ2n) is 9.40. The molecule has 186 valence electrons. The van der Waals surface area contributed by atoms with E-state index in [-0.39, 0.29) is 5.57 Å². The summed E-state index contributed by atoms with van der Waals surface area (Å²) >= 11 is 0. The fraction of sp³-hybridized carbons (Fsp3) is 0.0588. The number of ether oxygens (including phenoxy) is 2. The molecule has 0 unspecified atom stereocenters. The van der Waals surface area contributed by atoms with E-state index in [0.29, 0.717) is 22.9 Å². The molecule has 0 N–H and O–H groups in total. The van der Waals surface area contributed by atoms with E-state index < -0.39 is 0 Å². The first-order chi connectivity index (χ1) is 19.0. The summed E-state index contributed by atoms with van der Waals surface area (Å²) in [6.07, 6.45) is 11.4. The molecule has 3 aliphatic heterocycles. The zero-order valence-corrected chi connectivity index (χ0v) is 21.5. The lowest BCUT2D eigenvalue weighted by atomic mass is 10.0. The molecule has 3 heterocycles. The Morgan fingerprint density at radius 3 is 2.13 bits per heavy atom. The van der Waals surface area contributed by atoms with Gasteiger partial charge in [0.1, 0.15) is 40.7 Å². The van der Waals surface area contributed by atoms with E-state index in [1.165, 1.54) is 0 Å². The van der Waals surface area contributed by atoms with Crippen LogP contribution >= 0.6 is 0 Å². The fourth-order valence-corrected chi connectivity index (χ4v) is 5.00. The van der Waals surface area contributed by atoms with Gasteiger partial charge in [0.25, 0.3) is 0 Å². The number of hydrogen-bond donors (Lipinski definition) is 0. The van der Waals surface area contributed by atoms with Crippen LogP contribution in [0.15, 0.2) is 119 Å². The Labute approximate surface area is 227 Å². The molecule has 3 aromatic carbocycles. The van der Waals surface area contributed by atoms with Crippen LogP contribution in [0.5, 0.6) is 5.75 Å². The molecule has 3 aromatic rings. The second kappa shape index (κ2) is 9.74. The zero-order chi connectivity index (χ0) is 26.9. The molecule has 5 heteroatoms. The first kappa shape index (κ1) is 23.9. The summed E-state index contributed by atoms with van der Waals surface area (Å²) in [5, 5.41) is 18.6. The lowest BCUT2D eigenvalue weighted by Crippen LogP contribution is -2.12. The highest BCUT2D eigenvalue weighted by atomic mass is 16.5. The Balaban J connectivity index is 1.41. The maximum atomic E-state index is 9.30. The van der Waals surface area contributed by atoms with Crippen LogP contribution in [-0.2, 0) is 4.74 Å². The molecule has 6 rings (SSSR count). The topological polar surface area (TPSA) is 69.3 Å². The largest absolute Gasteiger partial charge is 0.462 e. The first-order valence-corrected chi connectivity index (χ1v) is 12.5. The van der Waals surface area contributed by atoms with Gasteiger partial charge in [0, 0.05) is 29.0 Å². The number of para-hydroxylation sites is 2. The van der Waals surface area contributed by atoms with E-state index in [1.54, 1.807) is 25.2 Å². The molecule has 0 bridgehead atoms. The average molecular weight is 506 g/mol. The summed E-state index contributed by atoms with van der Waals surface area (Å²) in [5.74, 6) is 2.42. The quantitative estimate of drug-likeness (QED) is 0.256. The number of allylic oxidation sites excluding steroid dienone is 8. The van der Waals surface area contributed by atoms with Gasteiger partial charge in [0.2, 0.25) is 0 Å². The van der Waals surface area contributed by atoms with Crippen molar-refractivity contribution in [3.63, 3.8) is 0 Å². The van der Waals surface area contributed by atoms with Gasteiger partial charge in [-0.05, 0) is 73.0 Å². The van der Waals surface area contributed by atoms with E-state index in [4.69, 9.17) is 9.47 Å². The molecule has 0 aromatic heterocycles. The van der Waals surface area contributed by atoms with E-state index in [0.717, 1.165) is 45.1 Å². The Hall–Kier alpha value is -5.52. The Morgan fingerprint density at radius 2 is 1.46 bits per heavy atom. The van der Waals surface area contributed by atoms with Crippen molar-refractivity contribution in [3.05, 3.63) is 136 Å². The van der Waals surface area contributed by atoms with Crippen molar-refractivity contribution >= 4 is 34.8 Å². The van der Waals surface area contributed by atoms with Gasteiger partial charge in [-0.3, -0.25) is 0 Å². The molecule has 0 fully saturated rings. The van der Waals surface area contributed by atoms with Crippen molar-refractivity contribution in [1.29, 1.82) is 10.5 Å². The smallest absolute Gasteiger partial charge is 0.137 e. The van der Waals surface area contributed by atoms with E-state index >= 15 is 0 Å². The van der Waals surface area contributed by atoms with Crippen LogP contribution in [0.4, 0.5) is 17.1 Å². The third kappa shape index (κ3) is 4.44. The summed E-state index contributed by atoms with van der Waals surface area (Å²) in [5.41, 5.74) is 8.04. The molecule has 0 atom stereocenters. The van der Waals surface area contributed by atoms with Gasteiger partial charge in [0.15, 0.2) is 0 Å². The highest BCUT2D eigenvalue weighted by molar-refractivity contribution is 5.93. The van der Waals surface area contributed by atoms with Crippen LogP contribution in [-0.4, -0.2) is 0 Å². The van der Waals surface area contributed by atoms with Gasteiger partial charge < -0.3 is 14.4 Å². The minimum Gasteiger partial charge on any atom is -0.462 e. The average Bonchev–Trinajstić information content (AvgIpc) is 3.10. The third-order valence-electron chi connectivity index (χ3n) is 6.76. The third-order valence-corrected chi connectivity index (χ3v) is 6.76. The highest BCUT2D eigenvalue weighted by Gasteiger charge is 2.23. The zero-order valence-electron chi connectivity index (χ0n) is 21.5. The maximum absolute atomic E-state index is 9.30. The summed E-state index contributed by atoms with van der Waals surface area (Å²) < 4.78 is 12.2. The van der Waals surface area contributed by atoms with Crippen LogP contribution in [0.2, 0.25) is 0 Å². The standard InChI is InChI=1S/C34H23N3O2/c1-22-15-29(19-30-17-26(16-23(2)38-30)27(20-35)21-36)39-34-18-28(13-14-31(22)34)37-32-9-5-3-7-24(32)11-12-25-8-4-6-10-33(25)37/h3-19H,1-2H3/b29-19+. The van der Waals surface area contributed by atoms with Gasteiger partial charge in [-0.25, -0.2) is 0 Å². The van der Waals surface area contributed by atoms with Gasteiger partial charge in [-0.1, -0.05) is 48.6 Å². The van der Waals surface area contributed by atoms with E-state index in [1.807, 2.05) is 37.3 Å². The molecule has 0 spiro atoms. The van der Waals surface area contributed by atoms with Crippen LogP contribution in [0.3, 0.4) is 0 Å². The van der Waals surface area contributed by atoms with Crippen LogP contribution in [0.1, 0.15) is 30.5 Å². The van der Waals surface area contributed by atoms with E-state index in [9.17, 15) is 10.5 Å². The maximum Gasteiger partial charge on any atom is 0.137 e. The number of nitrogens with zero attached hydrogens (tertiary/aromatic N) is 3. The predicted octanol–water partition coefficient (Wildman–Crippen LogP) is 8.48. The van der Waals surface area contributed by atoms with Crippen LogP contribution < -0.4 is 9.64 Å². The number of fused-ring (bicyclic) bond motifs is 3. The van der Waals surface area contributed by atoms with Crippen molar-refractivity contribution in [3.8, 4) is 17.9 Å². The molecule has 0 amide bonds. The molecule has 3 aliphatic rings. The number of nitriles is 2. The van der Waals surface area contributed by atoms with Gasteiger partial charge in [-0.15, -0.1) is 0 Å². The lowest BCUT2D eigenvalue weighted by molar-refractivity contribution is 0.313. The fourth-order valence-electron chi connectivity index (χ4n) is 5.00. The van der Waals surface area contributed by atoms with Crippen molar-refractivity contribution < 1.29 is 9.47 Å². The van der Waals surface area contributed by atoms with Gasteiger partial charge >= 0.3 is 0 Å². The predicted molar refractivity (Wildman–Crippen MR) is 154 cm³/mol. The van der Waals surface area contributed by atoms with Gasteiger partial charge in [-0.2, -0.15) is 10.5 Å². The molecule has 0 saturated heterocycles. The summed E-state index contributed by atoms with van der Waals surface area (Å²) in [7, 11) is 0. The van der Waals surface area contributed by atoms with Gasteiger partial charge in [0.05, 0.1) is 11.4 Å². The summed E-state index contributed by atoms with van der Waals surface area (Å²) in [6.45, 7) is 3.83. The van der Waals surface area contributed by atoms with Crippen molar-refractivity contribution in [2.75, 3.05) is 4.90 Å². The molecule has 0 saturated carbocycles. The second-order valence-corrected chi connectivity index (χ2v) is 9.40. The number of rotatable bonds is 2. The minimum absolute atomic E-state index is 0.0346. The SMILES string of the molecule is CC1=CC(=C(C#N)C#N)C=C(/C=C2\C=C(C)c3ccc(N4c5ccccc5C=Cc5ccccc54)cc3O2)O1. The van der Waals surface area contributed by atoms with Crippen LogP contribution in [0, 0.1) is 22.7 Å². The molecular weight excluding hydrogens is 482 g/mol. The van der Waals surface area contributed by atoms with E-state index in [2.05, 4.69) is 71.6 Å². The first-order valence-electron chi connectivity index (χ1n) is 12.5. The molecule has 39 heavy (non-hydrogen) atoms. The molecule has 0 aliphatic carbocycles. The minimum atomic E-state index is 0.0346. The Kier molecular flexibility index (Phi) is 5.96. The normalized spacial score (nSPS) is 16.1. The summed E-state index contributed by atoms with van der Waals surface area (Å²) in [6, 6.07) is 26.9. The Morgan fingerprint density at radius 1 is 0.795 bits per heavy atom. The van der Waals surface area contributed by atoms with Crippen molar-refractivity contribution in [1.82, 2.24) is 0 Å². The van der Waals surface area contributed by atoms with Crippen molar-refractivity contribution in [2.45, 2.75) is 13.8 Å². The van der Waals surface area contributed by atoms with Crippen molar-refractivity contribution in [2.24, 2.45) is 0 Å². The molecule has 5 nitrogen and oxygen atoms in total. The lowest BCUT2D eigenvalue weighted by Gasteiger charge is -2.28. The van der Waals surface area contributed by atoms with Crippen LogP contribution in [0.25, 0.3) is 17.7 Å². The Bertz CT molecular complexity index is 1740. The summed E-state index contributed by atoms with van der Waals surface area (Å²) in [4.78, 5) is 2.26. The highest BCUT2D eigenvalue weighted by Crippen LogP contribution is 2.45.